The van der Waals surface area contributed by atoms with Crippen molar-refractivity contribution in [2.24, 2.45) is 0 Å². The van der Waals surface area contributed by atoms with Gasteiger partial charge < -0.3 is 14.5 Å². The first kappa shape index (κ1) is 13.6. The fourth-order valence-electron chi connectivity index (χ4n) is 2.13. The zero-order valence-electron chi connectivity index (χ0n) is 11.4. The number of ether oxygens (including phenoxy) is 1. The van der Waals surface area contributed by atoms with E-state index in [9.17, 15) is 4.79 Å². The number of fused-ring (bicyclic) bond motifs is 1. The van der Waals surface area contributed by atoms with Gasteiger partial charge in [-0.05, 0) is 13.0 Å². The predicted molar refractivity (Wildman–Crippen MR) is 73.9 cm³/mol. The minimum absolute atomic E-state index is 0.219. The van der Waals surface area contributed by atoms with Crippen LogP contribution in [0.1, 0.15) is 25.2 Å². The molecule has 0 aliphatic rings. The van der Waals surface area contributed by atoms with E-state index < -0.39 is 0 Å². The Morgan fingerprint density at radius 2 is 2.11 bits per heavy atom. The van der Waals surface area contributed by atoms with Crippen LogP contribution in [0.2, 0.25) is 0 Å². The zero-order valence-corrected chi connectivity index (χ0v) is 11.4. The van der Waals surface area contributed by atoms with Gasteiger partial charge in [-0.25, -0.2) is 0 Å². The Kier molecular flexibility index (Phi) is 4.58. The van der Waals surface area contributed by atoms with Gasteiger partial charge in [0.1, 0.15) is 11.3 Å². The quantitative estimate of drug-likeness (QED) is 0.812. The molecule has 2 aromatic rings. The summed E-state index contributed by atoms with van der Waals surface area (Å²) in [4.78, 5) is 11.3. The number of furan rings is 1. The van der Waals surface area contributed by atoms with Gasteiger partial charge in [0, 0.05) is 23.9 Å². The molecule has 0 aliphatic heterocycles. The van der Waals surface area contributed by atoms with Gasteiger partial charge >= 0.3 is 5.97 Å². The minimum atomic E-state index is -0.228. The number of aryl methyl sites for hydroxylation is 1. The first-order valence-corrected chi connectivity index (χ1v) is 6.61. The van der Waals surface area contributed by atoms with Crippen LogP contribution >= 0.6 is 0 Å². The molecule has 0 unspecified atom stereocenters. The summed E-state index contributed by atoms with van der Waals surface area (Å²) in [7, 11) is 0. The van der Waals surface area contributed by atoms with Crippen molar-refractivity contribution in [2.75, 3.05) is 13.2 Å². The lowest BCUT2D eigenvalue weighted by Crippen LogP contribution is -2.24. The highest BCUT2D eigenvalue weighted by molar-refractivity contribution is 5.82. The molecule has 0 aliphatic carbocycles. The molecule has 4 heteroatoms. The van der Waals surface area contributed by atoms with Crippen LogP contribution in [0.4, 0.5) is 0 Å². The summed E-state index contributed by atoms with van der Waals surface area (Å²) in [6.45, 7) is 5.11. The Hall–Kier alpha value is -1.81. The standard InChI is InChI=1S/C15H19NO3/c1-3-13-12(9-16-10-15(17)18-4-2)11-7-5-6-8-14(11)19-13/h5-8,16H,3-4,9-10H2,1-2H3. The number of nitrogens with one attached hydrogen (secondary N) is 1. The number of hydrogen-bond donors (Lipinski definition) is 1. The maximum absolute atomic E-state index is 11.3. The van der Waals surface area contributed by atoms with Crippen molar-refractivity contribution >= 4 is 16.9 Å². The third kappa shape index (κ3) is 3.15. The van der Waals surface area contributed by atoms with E-state index in [2.05, 4.69) is 12.2 Å². The van der Waals surface area contributed by atoms with Crippen LogP contribution in [0.15, 0.2) is 28.7 Å². The number of rotatable bonds is 6. The lowest BCUT2D eigenvalue weighted by molar-refractivity contribution is -0.142. The Morgan fingerprint density at radius 3 is 2.84 bits per heavy atom. The van der Waals surface area contributed by atoms with E-state index in [-0.39, 0.29) is 12.5 Å². The molecule has 0 saturated carbocycles. The highest BCUT2D eigenvalue weighted by atomic mass is 16.5. The van der Waals surface area contributed by atoms with E-state index in [0.29, 0.717) is 13.2 Å². The van der Waals surface area contributed by atoms with Crippen LogP contribution in [0.25, 0.3) is 11.0 Å². The number of benzene rings is 1. The van der Waals surface area contributed by atoms with Gasteiger partial charge in [-0.3, -0.25) is 4.79 Å². The van der Waals surface area contributed by atoms with Gasteiger partial charge in [0.2, 0.25) is 0 Å². The second kappa shape index (κ2) is 6.38. The van der Waals surface area contributed by atoms with Crippen molar-refractivity contribution in [2.45, 2.75) is 26.8 Å². The van der Waals surface area contributed by atoms with Crippen molar-refractivity contribution in [1.82, 2.24) is 5.32 Å². The summed E-state index contributed by atoms with van der Waals surface area (Å²) >= 11 is 0. The smallest absolute Gasteiger partial charge is 0.319 e. The molecule has 102 valence electrons. The normalized spacial score (nSPS) is 10.8. The first-order chi connectivity index (χ1) is 9.26. The van der Waals surface area contributed by atoms with Gasteiger partial charge in [0.25, 0.3) is 0 Å². The number of para-hydroxylation sites is 1. The predicted octanol–water partition coefficient (Wildman–Crippen LogP) is 2.65. The van der Waals surface area contributed by atoms with Crippen LogP contribution in [-0.2, 0) is 22.5 Å². The summed E-state index contributed by atoms with van der Waals surface area (Å²) in [6, 6.07) is 7.95. The molecule has 0 radical (unpaired) electrons. The fraction of sp³-hybridized carbons (Fsp3) is 0.400. The van der Waals surface area contributed by atoms with Crippen molar-refractivity contribution in [3.05, 3.63) is 35.6 Å². The first-order valence-electron chi connectivity index (χ1n) is 6.61. The maximum atomic E-state index is 11.3. The Labute approximate surface area is 112 Å². The highest BCUT2D eigenvalue weighted by Crippen LogP contribution is 2.25. The molecule has 2 rings (SSSR count). The third-order valence-electron chi connectivity index (χ3n) is 2.98. The molecule has 0 spiro atoms. The van der Waals surface area contributed by atoms with Crippen molar-refractivity contribution in [1.29, 1.82) is 0 Å². The van der Waals surface area contributed by atoms with Crippen molar-refractivity contribution in [3.8, 4) is 0 Å². The molecule has 4 nitrogen and oxygen atoms in total. The molecule has 0 bridgehead atoms. The molecule has 0 saturated heterocycles. The number of hydrogen-bond acceptors (Lipinski definition) is 4. The lowest BCUT2D eigenvalue weighted by Gasteiger charge is -2.05. The van der Waals surface area contributed by atoms with E-state index in [1.165, 1.54) is 0 Å². The second-order valence-electron chi connectivity index (χ2n) is 4.26. The second-order valence-corrected chi connectivity index (χ2v) is 4.26. The Bertz CT molecular complexity index is 560. The Morgan fingerprint density at radius 1 is 1.32 bits per heavy atom. The van der Waals surface area contributed by atoms with Gasteiger partial charge in [-0.2, -0.15) is 0 Å². The number of carbonyl (C=O) groups excluding carboxylic acids is 1. The molecular weight excluding hydrogens is 242 g/mol. The van der Waals surface area contributed by atoms with E-state index in [0.717, 1.165) is 28.7 Å². The van der Waals surface area contributed by atoms with Crippen LogP contribution in [-0.4, -0.2) is 19.1 Å². The molecule has 1 heterocycles. The van der Waals surface area contributed by atoms with E-state index in [1.807, 2.05) is 24.3 Å². The molecule has 19 heavy (non-hydrogen) atoms. The third-order valence-corrected chi connectivity index (χ3v) is 2.98. The maximum Gasteiger partial charge on any atom is 0.319 e. The van der Waals surface area contributed by atoms with E-state index >= 15 is 0 Å². The van der Waals surface area contributed by atoms with Crippen LogP contribution in [0.3, 0.4) is 0 Å². The van der Waals surface area contributed by atoms with Crippen molar-refractivity contribution < 1.29 is 13.9 Å². The summed E-state index contributed by atoms with van der Waals surface area (Å²) < 4.78 is 10.7. The minimum Gasteiger partial charge on any atom is -0.465 e. The molecule has 1 aromatic heterocycles. The average Bonchev–Trinajstić information content (AvgIpc) is 2.77. The molecular formula is C15H19NO3. The van der Waals surface area contributed by atoms with Crippen LogP contribution < -0.4 is 5.32 Å². The molecule has 0 amide bonds. The van der Waals surface area contributed by atoms with Crippen LogP contribution in [0, 0.1) is 0 Å². The number of carbonyl (C=O) groups is 1. The van der Waals surface area contributed by atoms with Crippen LogP contribution in [0.5, 0.6) is 0 Å². The molecule has 0 atom stereocenters. The Balaban J connectivity index is 2.09. The summed E-state index contributed by atoms with van der Waals surface area (Å²) in [6.07, 6.45) is 0.838. The van der Waals surface area contributed by atoms with E-state index in [4.69, 9.17) is 9.15 Å². The molecule has 0 fully saturated rings. The molecule has 1 aromatic carbocycles. The fourth-order valence-corrected chi connectivity index (χ4v) is 2.13. The van der Waals surface area contributed by atoms with Gasteiger partial charge in [0.05, 0.1) is 13.2 Å². The van der Waals surface area contributed by atoms with Gasteiger partial charge in [0.15, 0.2) is 0 Å². The topological polar surface area (TPSA) is 51.5 Å². The monoisotopic (exact) mass is 261 g/mol. The zero-order chi connectivity index (χ0) is 13.7. The summed E-state index contributed by atoms with van der Waals surface area (Å²) in [5.74, 6) is 0.742. The van der Waals surface area contributed by atoms with Crippen molar-refractivity contribution in [3.63, 3.8) is 0 Å². The highest BCUT2D eigenvalue weighted by Gasteiger charge is 2.12. The van der Waals surface area contributed by atoms with E-state index in [1.54, 1.807) is 6.92 Å². The van der Waals surface area contributed by atoms with Gasteiger partial charge in [-0.1, -0.05) is 25.1 Å². The average molecular weight is 261 g/mol. The van der Waals surface area contributed by atoms with Gasteiger partial charge in [-0.15, -0.1) is 0 Å². The lowest BCUT2D eigenvalue weighted by atomic mass is 10.1. The largest absolute Gasteiger partial charge is 0.465 e. The summed E-state index contributed by atoms with van der Waals surface area (Å²) in [5, 5.41) is 4.21. The molecule has 1 N–H and O–H groups in total. The number of esters is 1. The summed E-state index contributed by atoms with van der Waals surface area (Å²) in [5.41, 5.74) is 2.02. The SMILES string of the molecule is CCOC(=O)CNCc1c(CC)oc2ccccc12.